The van der Waals surface area contributed by atoms with E-state index in [0.29, 0.717) is 12.1 Å². The van der Waals surface area contributed by atoms with Crippen LogP contribution in [0.25, 0.3) is 0 Å². The van der Waals surface area contributed by atoms with Gasteiger partial charge in [-0.05, 0) is 23.6 Å². The summed E-state index contributed by atoms with van der Waals surface area (Å²) in [4.78, 5) is 13.4. The summed E-state index contributed by atoms with van der Waals surface area (Å²) < 4.78 is 51.3. The third-order valence-corrected chi connectivity index (χ3v) is 4.37. The minimum atomic E-state index is -4.71. The van der Waals surface area contributed by atoms with Gasteiger partial charge in [0.05, 0.1) is 11.3 Å². The van der Waals surface area contributed by atoms with E-state index in [1.165, 1.54) is 17.8 Å². The second kappa shape index (κ2) is 5.87. The Balaban J connectivity index is 2.29. The Labute approximate surface area is 124 Å². The third-order valence-electron chi connectivity index (χ3n) is 3.11. The first-order valence-corrected chi connectivity index (χ1v) is 7.52. The lowest BCUT2D eigenvalue weighted by molar-refractivity contribution is -0.140. The molecule has 1 atom stereocenters. The van der Waals surface area contributed by atoms with E-state index < -0.39 is 22.9 Å². The third kappa shape index (κ3) is 3.51. The summed E-state index contributed by atoms with van der Waals surface area (Å²) >= 11 is 1.30. The van der Waals surface area contributed by atoms with Gasteiger partial charge in [0, 0.05) is 6.54 Å². The Morgan fingerprint density at radius 1 is 1.38 bits per heavy atom. The monoisotopic (exact) mass is 321 g/mol. The Bertz CT molecular complexity index is 544. The molecule has 7 heteroatoms. The molecule has 0 radical (unpaired) electrons. The number of alkyl halides is 3. The highest BCUT2D eigenvalue weighted by Crippen LogP contribution is 2.40. The maximum absolute atomic E-state index is 13.7. The van der Waals surface area contributed by atoms with Gasteiger partial charge in [0.15, 0.2) is 0 Å². The van der Waals surface area contributed by atoms with Crippen LogP contribution in [-0.4, -0.2) is 23.1 Å². The summed E-state index contributed by atoms with van der Waals surface area (Å²) in [7, 11) is 0. The molecule has 0 N–H and O–H groups in total. The van der Waals surface area contributed by atoms with Gasteiger partial charge in [-0.15, -0.1) is 11.8 Å². The molecule has 1 aliphatic rings. The van der Waals surface area contributed by atoms with E-state index in [1.54, 1.807) is 4.90 Å². The smallest absolute Gasteiger partial charge is 0.326 e. The number of thioether (sulfide) groups is 1. The van der Waals surface area contributed by atoms with Crippen molar-refractivity contribution in [3.8, 4) is 0 Å². The highest BCUT2D eigenvalue weighted by atomic mass is 32.2. The molecular weight excluding hydrogens is 306 g/mol. The van der Waals surface area contributed by atoms with Crippen LogP contribution in [0.5, 0.6) is 0 Å². The van der Waals surface area contributed by atoms with Crippen LogP contribution in [0.2, 0.25) is 0 Å². The van der Waals surface area contributed by atoms with E-state index in [4.69, 9.17) is 0 Å². The Kier molecular flexibility index (Phi) is 4.51. The van der Waals surface area contributed by atoms with Crippen molar-refractivity contribution in [3.63, 3.8) is 0 Å². The average Bonchev–Trinajstić information content (AvgIpc) is 2.68. The molecule has 0 bridgehead atoms. The lowest BCUT2D eigenvalue weighted by atomic mass is 10.1. The average molecular weight is 321 g/mol. The summed E-state index contributed by atoms with van der Waals surface area (Å²) in [5, 5.41) is -0.420. The predicted octanol–water partition coefficient (Wildman–Crippen LogP) is 4.07. The number of amides is 1. The molecule has 2 rings (SSSR count). The first-order chi connectivity index (χ1) is 9.70. The van der Waals surface area contributed by atoms with Gasteiger partial charge in [0.25, 0.3) is 0 Å². The number of hydrogen-bond acceptors (Lipinski definition) is 2. The van der Waals surface area contributed by atoms with Gasteiger partial charge in [-0.2, -0.15) is 13.2 Å². The Morgan fingerprint density at radius 3 is 2.57 bits per heavy atom. The van der Waals surface area contributed by atoms with Crippen LogP contribution in [0.1, 0.15) is 30.3 Å². The fraction of sp³-hybridized carbons (Fsp3) is 0.500. The van der Waals surface area contributed by atoms with Crippen LogP contribution in [0.3, 0.4) is 0 Å². The largest absolute Gasteiger partial charge is 0.419 e. The zero-order valence-corrected chi connectivity index (χ0v) is 12.4. The number of benzene rings is 1. The van der Waals surface area contributed by atoms with Crippen molar-refractivity contribution in [1.82, 2.24) is 4.90 Å². The minimum absolute atomic E-state index is 0.0704. The topological polar surface area (TPSA) is 20.3 Å². The van der Waals surface area contributed by atoms with E-state index in [1.807, 2.05) is 13.8 Å². The summed E-state index contributed by atoms with van der Waals surface area (Å²) in [6.45, 7) is 4.39. The van der Waals surface area contributed by atoms with Gasteiger partial charge in [-0.3, -0.25) is 4.79 Å². The molecule has 1 aromatic carbocycles. The van der Waals surface area contributed by atoms with Crippen molar-refractivity contribution >= 4 is 17.7 Å². The fourth-order valence-corrected chi connectivity index (χ4v) is 3.42. The van der Waals surface area contributed by atoms with Gasteiger partial charge in [0.1, 0.15) is 11.2 Å². The quantitative estimate of drug-likeness (QED) is 0.782. The van der Waals surface area contributed by atoms with Crippen molar-refractivity contribution < 1.29 is 22.4 Å². The number of carbonyl (C=O) groups excluding carboxylic acids is 1. The van der Waals surface area contributed by atoms with Crippen molar-refractivity contribution in [3.05, 3.63) is 35.1 Å². The van der Waals surface area contributed by atoms with Crippen LogP contribution in [0, 0.1) is 11.7 Å². The van der Waals surface area contributed by atoms with Gasteiger partial charge in [-0.1, -0.05) is 19.9 Å². The molecule has 116 valence electrons. The summed E-state index contributed by atoms with van der Waals surface area (Å²) in [5.74, 6) is -0.877. The fourth-order valence-electron chi connectivity index (χ4n) is 2.24. The molecule has 1 amide bonds. The zero-order chi connectivity index (χ0) is 15.8. The summed E-state index contributed by atoms with van der Waals surface area (Å²) in [6.07, 6.45) is -4.71. The van der Waals surface area contributed by atoms with Crippen molar-refractivity contribution in [1.29, 1.82) is 0 Å². The Morgan fingerprint density at radius 2 is 2.05 bits per heavy atom. The van der Waals surface area contributed by atoms with E-state index in [9.17, 15) is 22.4 Å². The summed E-state index contributed by atoms with van der Waals surface area (Å²) in [6, 6.07) is 2.86. The number of carbonyl (C=O) groups is 1. The molecule has 1 unspecified atom stereocenters. The molecular formula is C14H15F4NOS. The predicted molar refractivity (Wildman–Crippen MR) is 73.2 cm³/mol. The molecule has 0 spiro atoms. The number of rotatable bonds is 3. The van der Waals surface area contributed by atoms with E-state index >= 15 is 0 Å². The lowest BCUT2D eigenvalue weighted by Gasteiger charge is -2.26. The van der Waals surface area contributed by atoms with Crippen LogP contribution in [-0.2, 0) is 11.0 Å². The van der Waals surface area contributed by atoms with E-state index in [0.717, 1.165) is 12.1 Å². The van der Waals surface area contributed by atoms with Crippen LogP contribution < -0.4 is 0 Å². The van der Waals surface area contributed by atoms with Crippen molar-refractivity contribution in [2.75, 3.05) is 12.3 Å². The van der Waals surface area contributed by atoms with Crippen LogP contribution >= 0.6 is 11.8 Å². The molecule has 0 saturated carbocycles. The normalized spacial score (nSPS) is 19.7. The van der Waals surface area contributed by atoms with Crippen LogP contribution in [0.15, 0.2) is 18.2 Å². The second-order valence-electron chi connectivity index (χ2n) is 5.34. The van der Waals surface area contributed by atoms with Crippen molar-refractivity contribution in [2.24, 2.45) is 5.92 Å². The molecule has 21 heavy (non-hydrogen) atoms. The molecule has 2 nitrogen and oxygen atoms in total. The highest BCUT2D eigenvalue weighted by molar-refractivity contribution is 8.00. The molecule has 0 aliphatic carbocycles. The van der Waals surface area contributed by atoms with E-state index in [2.05, 4.69) is 0 Å². The minimum Gasteiger partial charge on any atom is -0.326 e. The number of halogens is 4. The first kappa shape index (κ1) is 16.1. The van der Waals surface area contributed by atoms with Gasteiger partial charge >= 0.3 is 6.18 Å². The standard InChI is InChI=1S/C14H15F4NOS/c1-8(2)6-19-12(20)7-21-13(19)9-3-4-10(11(15)5-9)14(16,17)18/h3-5,8,13H,6-7H2,1-2H3. The number of nitrogens with zero attached hydrogens (tertiary/aromatic N) is 1. The van der Waals surface area contributed by atoms with Crippen molar-refractivity contribution in [2.45, 2.75) is 25.4 Å². The first-order valence-electron chi connectivity index (χ1n) is 6.48. The zero-order valence-electron chi connectivity index (χ0n) is 11.6. The molecule has 1 fully saturated rings. The maximum atomic E-state index is 13.7. The second-order valence-corrected chi connectivity index (χ2v) is 6.41. The lowest BCUT2D eigenvalue weighted by Crippen LogP contribution is -2.31. The number of hydrogen-bond donors (Lipinski definition) is 0. The van der Waals surface area contributed by atoms with E-state index in [-0.39, 0.29) is 17.6 Å². The molecule has 1 saturated heterocycles. The molecule has 1 aromatic rings. The van der Waals surface area contributed by atoms with Gasteiger partial charge in [-0.25, -0.2) is 4.39 Å². The van der Waals surface area contributed by atoms with Gasteiger partial charge < -0.3 is 4.90 Å². The SMILES string of the molecule is CC(C)CN1C(=O)CSC1c1ccc(C(F)(F)F)c(F)c1. The Hall–Kier alpha value is -1.24. The van der Waals surface area contributed by atoms with Gasteiger partial charge in [0.2, 0.25) is 5.91 Å². The molecule has 0 aromatic heterocycles. The van der Waals surface area contributed by atoms with Crippen LogP contribution in [0.4, 0.5) is 17.6 Å². The summed E-state index contributed by atoms with van der Waals surface area (Å²) in [5.41, 5.74) is -0.895. The molecule has 1 heterocycles. The molecule has 1 aliphatic heterocycles. The maximum Gasteiger partial charge on any atom is 0.419 e. The highest BCUT2D eigenvalue weighted by Gasteiger charge is 2.37.